The van der Waals surface area contributed by atoms with Crippen LogP contribution in [0.5, 0.6) is 5.75 Å². The van der Waals surface area contributed by atoms with Crippen molar-refractivity contribution in [3.8, 4) is 5.75 Å². The highest BCUT2D eigenvalue weighted by molar-refractivity contribution is 5.51. The van der Waals surface area contributed by atoms with E-state index in [2.05, 4.69) is 5.10 Å². The van der Waals surface area contributed by atoms with E-state index in [-0.39, 0.29) is 13.2 Å². The molecule has 1 atom stereocenters. The maximum absolute atomic E-state index is 12.4. The first-order chi connectivity index (χ1) is 9.86. The fourth-order valence-corrected chi connectivity index (χ4v) is 1.68. The third-order valence-corrected chi connectivity index (χ3v) is 2.71. The normalized spacial score (nSPS) is 13.1. The van der Waals surface area contributed by atoms with E-state index in [4.69, 9.17) is 10.5 Å². The molecule has 0 radical (unpaired) electrons. The van der Waals surface area contributed by atoms with E-state index in [0.29, 0.717) is 17.6 Å². The van der Waals surface area contributed by atoms with E-state index in [1.807, 2.05) is 0 Å². The Hall–Kier alpha value is -2.22. The molecule has 0 aliphatic carbocycles. The van der Waals surface area contributed by atoms with E-state index < -0.39 is 17.8 Å². The summed E-state index contributed by atoms with van der Waals surface area (Å²) in [5.41, 5.74) is 5.22. The van der Waals surface area contributed by atoms with Crippen LogP contribution in [0.15, 0.2) is 36.7 Å². The lowest BCUT2D eigenvalue weighted by molar-refractivity contribution is -0.137. The van der Waals surface area contributed by atoms with Gasteiger partial charge in [-0.25, -0.2) is 0 Å². The van der Waals surface area contributed by atoms with Gasteiger partial charge in [-0.3, -0.25) is 4.68 Å². The van der Waals surface area contributed by atoms with Crippen LogP contribution in [-0.2, 0) is 12.7 Å². The number of benzene rings is 1. The van der Waals surface area contributed by atoms with Crippen molar-refractivity contribution in [3.05, 3.63) is 42.2 Å². The van der Waals surface area contributed by atoms with E-state index in [0.717, 1.165) is 10.9 Å². The molecular formula is C13H14F3N3O2. The number of nitrogens with two attached hydrogens (primary N) is 1. The predicted octanol–water partition coefficient (Wildman–Crippen LogP) is 1.92. The van der Waals surface area contributed by atoms with Crippen molar-refractivity contribution in [1.29, 1.82) is 0 Å². The van der Waals surface area contributed by atoms with Crippen LogP contribution in [0.25, 0.3) is 0 Å². The minimum Gasteiger partial charge on any atom is -0.489 e. The molecule has 0 aliphatic rings. The molecule has 3 N–H and O–H groups in total. The average Bonchev–Trinajstić information content (AvgIpc) is 2.86. The summed E-state index contributed by atoms with van der Waals surface area (Å²) in [5, 5.41) is 13.3. The fourth-order valence-electron chi connectivity index (χ4n) is 1.68. The number of nitrogen functional groups attached to an aromatic ring is 1. The molecule has 0 fully saturated rings. The lowest BCUT2D eigenvalue weighted by Gasteiger charge is -2.13. The number of aromatic nitrogens is 2. The molecule has 0 aliphatic heterocycles. The number of halogens is 3. The number of hydrogen-bond donors (Lipinski definition) is 2. The summed E-state index contributed by atoms with van der Waals surface area (Å²) in [6.07, 6.45) is -3.91. The predicted molar refractivity (Wildman–Crippen MR) is 69.6 cm³/mol. The van der Waals surface area contributed by atoms with Crippen LogP contribution >= 0.6 is 0 Å². The topological polar surface area (TPSA) is 73.3 Å². The van der Waals surface area contributed by atoms with Gasteiger partial charge in [-0.1, -0.05) is 12.1 Å². The van der Waals surface area contributed by atoms with Gasteiger partial charge in [-0.2, -0.15) is 18.3 Å². The van der Waals surface area contributed by atoms with Gasteiger partial charge in [0.2, 0.25) is 0 Å². The zero-order valence-electron chi connectivity index (χ0n) is 10.9. The summed E-state index contributed by atoms with van der Waals surface area (Å²) < 4.78 is 43.5. The van der Waals surface area contributed by atoms with Crippen LogP contribution in [-0.4, -0.2) is 27.6 Å². The Morgan fingerprint density at radius 2 is 2.05 bits per heavy atom. The highest BCUT2D eigenvalue weighted by Crippen LogP contribution is 2.28. The zero-order valence-corrected chi connectivity index (χ0v) is 10.9. The number of rotatable bonds is 5. The van der Waals surface area contributed by atoms with Gasteiger partial charge < -0.3 is 15.6 Å². The largest absolute Gasteiger partial charge is 0.489 e. The SMILES string of the molecule is Nc1ccccc1OCC(O)Cn1cc(C(F)(F)F)cn1. The maximum atomic E-state index is 12.4. The summed E-state index contributed by atoms with van der Waals surface area (Å²) >= 11 is 0. The van der Waals surface area contributed by atoms with Gasteiger partial charge in [0.25, 0.3) is 0 Å². The summed E-state index contributed by atoms with van der Waals surface area (Å²) in [6.45, 7) is -0.210. The van der Waals surface area contributed by atoms with E-state index in [1.54, 1.807) is 24.3 Å². The molecule has 2 aromatic rings. The number of anilines is 1. The second kappa shape index (κ2) is 6.04. The van der Waals surface area contributed by atoms with Crippen LogP contribution < -0.4 is 10.5 Å². The minimum atomic E-state index is -4.45. The molecule has 1 aromatic heterocycles. The number of alkyl halides is 3. The summed E-state index contributed by atoms with van der Waals surface area (Å²) in [4.78, 5) is 0. The van der Waals surface area contributed by atoms with Gasteiger partial charge >= 0.3 is 6.18 Å². The molecule has 0 bridgehead atoms. The standard InChI is InChI=1S/C13H14F3N3O2/c14-13(15,16)9-5-18-19(6-9)7-10(20)8-21-12-4-2-1-3-11(12)17/h1-6,10,20H,7-8,17H2. The van der Waals surface area contributed by atoms with Crippen LogP contribution in [0.1, 0.15) is 5.56 Å². The smallest absolute Gasteiger partial charge is 0.419 e. The zero-order chi connectivity index (χ0) is 15.5. The molecule has 1 heterocycles. The van der Waals surface area contributed by atoms with Crippen LogP contribution in [0.4, 0.5) is 18.9 Å². The molecule has 0 saturated heterocycles. The van der Waals surface area contributed by atoms with Gasteiger partial charge in [-0.15, -0.1) is 0 Å². The summed E-state index contributed by atoms with van der Waals surface area (Å²) in [6, 6.07) is 6.74. The molecule has 2 rings (SSSR count). The van der Waals surface area contributed by atoms with Crippen molar-refractivity contribution >= 4 is 5.69 Å². The first-order valence-corrected chi connectivity index (χ1v) is 6.11. The second-order valence-electron chi connectivity index (χ2n) is 4.45. The minimum absolute atomic E-state index is 0.102. The van der Waals surface area contributed by atoms with E-state index in [9.17, 15) is 18.3 Å². The molecule has 0 saturated carbocycles. The summed E-state index contributed by atoms with van der Waals surface area (Å²) in [7, 11) is 0. The molecule has 114 valence electrons. The number of para-hydroxylation sites is 2. The molecule has 1 unspecified atom stereocenters. The first-order valence-electron chi connectivity index (χ1n) is 6.11. The van der Waals surface area contributed by atoms with Crippen LogP contribution in [0.2, 0.25) is 0 Å². The Labute approximate surface area is 118 Å². The first kappa shape index (κ1) is 15.2. The van der Waals surface area contributed by atoms with Crippen molar-refractivity contribution < 1.29 is 23.0 Å². The van der Waals surface area contributed by atoms with Crippen molar-refractivity contribution in [2.75, 3.05) is 12.3 Å². The number of nitrogens with zero attached hydrogens (tertiary/aromatic N) is 2. The van der Waals surface area contributed by atoms with Crippen molar-refractivity contribution in [2.24, 2.45) is 0 Å². The lowest BCUT2D eigenvalue weighted by atomic mass is 10.3. The van der Waals surface area contributed by atoms with Crippen molar-refractivity contribution in [2.45, 2.75) is 18.8 Å². The second-order valence-corrected chi connectivity index (χ2v) is 4.45. The third-order valence-electron chi connectivity index (χ3n) is 2.71. The Morgan fingerprint density at radius 1 is 1.33 bits per heavy atom. The number of aliphatic hydroxyl groups is 1. The van der Waals surface area contributed by atoms with E-state index >= 15 is 0 Å². The fraction of sp³-hybridized carbons (Fsp3) is 0.308. The summed E-state index contributed by atoms with van der Waals surface area (Å²) in [5.74, 6) is 0.410. The molecule has 5 nitrogen and oxygen atoms in total. The Kier molecular flexibility index (Phi) is 4.37. The van der Waals surface area contributed by atoms with Gasteiger partial charge in [0.15, 0.2) is 0 Å². The molecule has 1 aromatic carbocycles. The van der Waals surface area contributed by atoms with Crippen LogP contribution in [0, 0.1) is 0 Å². The monoisotopic (exact) mass is 301 g/mol. The molecule has 0 spiro atoms. The quantitative estimate of drug-likeness (QED) is 0.828. The van der Waals surface area contributed by atoms with Gasteiger partial charge in [0, 0.05) is 6.20 Å². The molecule has 21 heavy (non-hydrogen) atoms. The van der Waals surface area contributed by atoms with Crippen molar-refractivity contribution in [1.82, 2.24) is 9.78 Å². The Bertz CT molecular complexity index is 598. The Balaban J connectivity index is 1.89. The highest BCUT2D eigenvalue weighted by Gasteiger charge is 2.32. The lowest BCUT2D eigenvalue weighted by Crippen LogP contribution is -2.24. The molecule has 0 amide bonds. The highest BCUT2D eigenvalue weighted by atomic mass is 19.4. The van der Waals surface area contributed by atoms with Crippen LogP contribution in [0.3, 0.4) is 0 Å². The van der Waals surface area contributed by atoms with Gasteiger partial charge in [0.05, 0.1) is 24.0 Å². The number of ether oxygens (including phenoxy) is 1. The van der Waals surface area contributed by atoms with Crippen molar-refractivity contribution in [3.63, 3.8) is 0 Å². The van der Waals surface area contributed by atoms with Gasteiger partial charge in [-0.05, 0) is 12.1 Å². The van der Waals surface area contributed by atoms with Gasteiger partial charge in [0.1, 0.15) is 18.5 Å². The van der Waals surface area contributed by atoms with E-state index in [1.165, 1.54) is 0 Å². The third kappa shape index (κ3) is 4.12. The molecule has 8 heteroatoms. The maximum Gasteiger partial charge on any atom is 0.419 e. The Morgan fingerprint density at radius 3 is 2.67 bits per heavy atom. The number of aliphatic hydroxyl groups excluding tert-OH is 1. The molecular weight excluding hydrogens is 287 g/mol. The number of hydrogen-bond acceptors (Lipinski definition) is 4. The average molecular weight is 301 g/mol.